The molecule has 0 aliphatic carbocycles. The molecule has 5 heteroatoms. The lowest BCUT2D eigenvalue weighted by Crippen LogP contribution is -2.21. The minimum atomic E-state index is 0.318. The molecule has 0 amide bonds. The van der Waals surface area contributed by atoms with E-state index in [1.165, 1.54) is 0 Å². The highest BCUT2D eigenvalue weighted by Gasteiger charge is 2.29. The average Bonchev–Trinajstić information content (AvgIpc) is 2.98. The Balaban J connectivity index is 1.87. The van der Waals surface area contributed by atoms with E-state index in [4.69, 9.17) is 16.1 Å². The van der Waals surface area contributed by atoms with Crippen LogP contribution < -0.4 is 5.32 Å². The van der Waals surface area contributed by atoms with E-state index in [1.54, 1.807) is 0 Å². The van der Waals surface area contributed by atoms with Gasteiger partial charge in [0.25, 0.3) is 0 Å². The summed E-state index contributed by atoms with van der Waals surface area (Å²) in [5.74, 6) is 1.66. The standard InChI is InChI=1S/C13H14ClN3O/c1-8-11(6-7-15-8)13-16-12(17-18-13)9-2-4-10(14)5-3-9/h2-5,8,11,15H,6-7H2,1H3. The zero-order valence-corrected chi connectivity index (χ0v) is 10.8. The first-order chi connectivity index (χ1) is 8.74. The second-order valence-electron chi connectivity index (χ2n) is 4.60. The zero-order valence-electron chi connectivity index (χ0n) is 10.1. The van der Waals surface area contributed by atoms with Gasteiger partial charge in [0.15, 0.2) is 0 Å². The molecule has 1 aliphatic rings. The Morgan fingerprint density at radius 2 is 2.11 bits per heavy atom. The van der Waals surface area contributed by atoms with Crippen LogP contribution in [0.3, 0.4) is 0 Å². The molecule has 1 aliphatic heterocycles. The molecule has 0 spiro atoms. The Hall–Kier alpha value is -1.39. The molecule has 1 aromatic heterocycles. The Morgan fingerprint density at radius 1 is 1.33 bits per heavy atom. The van der Waals surface area contributed by atoms with Crippen LogP contribution >= 0.6 is 11.6 Å². The predicted molar refractivity (Wildman–Crippen MR) is 69.6 cm³/mol. The zero-order chi connectivity index (χ0) is 12.5. The summed E-state index contributed by atoms with van der Waals surface area (Å²) in [6.07, 6.45) is 1.05. The second kappa shape index (κ2) is 4.71. The van der Waals surface area contributed by atoms with E-state index in [0.717, 1.165) is 24.4 Å². The summed E-state index contributed by atoms with van der Waals surface area (Å²) in [7, 11) is 0. The Morgan fingerprint density at radius 3 is 2.78 bits per heavy atom. The molecule has 1 aromatic carbocycles. The van der Waals surface area contributed by atoms with Gasteiger partial charge in [0.1, 0.15) is 0 Å². The number of hydrogen-bond donors (Lipinski definition) is 1. The fourth-order valence-electron chi connectivity index (χ4n) is 2.30. The smallest absolute Gasteiger partial charge is 0.231 e. The van der Waals surface area contributed by atoms with Crippen LogP contribution in [0.2, 0.25) is 5.02 Å². The van der Waals surface area contributed by atoms with Gasteiger partial charge >= 0.3 is 0 Å². The van der Waals surface area contributed by atoms with Crippen LogP contribution in [0.15, 0.2) is 28.8 Å². The lowest BCUT2D eigenvalue weighted by atomic mass is 10.0. The van der Waals surface area contributed by atoms with Gasteiger partial charge < -0.3 is 9.84 Å². The van der Waals surface area contributed by atoms with Gasteiger partial charge in [-0.15, -0.1) is 0 Å². The van der Waals surface area contributed by atoms with Gasteiger partial charge in [0.2, 0.25) is 11.7 Å². The van der Waals surface area contributed by atoms with E-state index in [2.05, 4.69) is 22.4 Å². The van der Waals surface area contributed by atoms with Gasteiger partial charge in [-0.2, -0.15) is 4.98 Å². The summed E-state index contributed by atoms with van der Waals surface area (Å²) < 4.78 is 5.37. The van der Waals surface area contributed by atoms with Crippen molar-refractivity contribution in [1.82, 2.24) is 15.5 Å². The van der Waals surface area contributed by atoms with Crippen molar-refractivity contribution in [3.63, 3.8) is 0 Å². The number of nitrogens with zero attached hydrogens (tertiary/aromatic N) is 2. The fourth-order valence-corrected chi connectivity index (χ4v) is 2.42. The molecule has 0 bridgehead atoms. The molecule has 3 rings (SSSR count). The Kier molecular flexibility index (Phi) is 3.06. The van der Waals surface area contributed by atoms with Gasteiger partial charge in [0, 0.05) is 16.6 Å². The van der Waals surface area contributed by atoms with Crippen molar-refractivity contribution in [3.05, 3.63) is 35.2 Å². The number of nitrogens with one attached hydrogen (secondary N) is 1. The van der Waals surface area contributed by atoms with Crippen LogP contribution in [0.1, 0.15) is 25.2 Å². The first-order valence-corrected chi connectivity index (χ1v) is 6.45. The molecule has 94 valence electrons. The highest BCUT2D eigenvalue weighted by atomic mass is 35.5. The Labute approximate surface area is 110 Å². The normalized spacial score (nSPS) is 23.4. The summed E-state index contributed by atoms with van der Waals surface area (Å²) in [4.78, 5) is 4.48. The Bertz CT molecular complexity index is 537. The van der Waals surface area contributed by atoms with Crippen LogP contribution in [-0.2, 0) is 0 Å². The van der Waals surface area contributed by atoms with Crippen LogP contribution in [-0.4, -0.2) is 22.7 Å². The molecule has 2 heterocycles. The van der Waals surface area contributed by atoms with Crippen LogP contribution in [0.4, 0.5) is 0 Å². The van der Waals surface area contributed by atoms with Crippen LogP contribution in [0.5, 0.6) is 0 Å². The number of aromatic nitrogens is 2. The first kappa shape index (κ1) is 11.7. The van der Waals surface area contributed by atoms with Crippen molar-refractivity contribution in [3.8, 4) is 11.4 Å². The van der Waals surface area contributed by atoms with Crippen molar-refractivity contribution in [2.45, 2.75) is 25.3 Å². The number of hydrogen-bond acceptors (Lipinski definition) is 4. The molecular formula is C13H14ClN3O. The molecule has 1 fully saturated rings. The van der Waals surface area contributed by atoms with Crippen molar-refractivity contribution >= 4 is 11.6 Å². The average molecular weight is 264 g/mol. The van der Waals surface area contributed by atoms with E-state index in [0.29, 0.717) is 22.8 Å². The lowest BCUT2D eigenvalue weighted by molar-refractivity contribution is 0.345. The first-order valence-electron chi connectivity index (χ1n) is 6.07. The van der Waals surface area contributed by atoms with Gasteiger partial charge in [-0.25, -0.2) is 0 Å². The molecule has 4 nitrogen and oxygen atoms in total. The topological polar surface area (TPSA) is 51.0 Å². The maximum Gasteiger partial charge on any atom is 0.231 e. The van der Waals surface area contributed by atoms with E-state index < -0.39 is 0 Å². The molecule has 1 N–H and O–H groups in total. The third kappa shape index (κ3) is 2.13. The fraction of sp³-hybridized carbons (Fsp3) is 0.385. The highest BCUT2D eigenvalue weighted by molar-refractivity contribution is 6.30. The van der Waals surface area contributed by atoms with E-state index in [9.17, 15) is 0 Å². The molecule has 2 aromatic rings. The maximum atomic E-state index is 5.85. The molecule has 2 atom stereocenters. The molecule has 2 unspecified atom stereocenters. The van der Waals surface area contributed by atoms with Crippen molar-refractivity contribution in [1.29, 1.82) is 0 Å². The summed E-state index contributed by atoms with van der Waals surface area (Å²) in [6.45, 7) is 3.15. The van der Waals surface area contributed by atoms with Crippen molar-refractivity contribution < 1.29 is 4.52 Å². The largest absolute Gasteiger partial charge is 0.339 e. The third-order valence-corrected chi connectivity index (χ3v) is 3.64. The number of rotatable bonds is 2. The van der Waals surface area contributed by atoms with Gasteiger partial charge in [-0.3, -0.25) is 0 Å². The summed E-state index contributed by atoms with van der Waals surface area (Å²) in [5, 5.41) is 8.12. The lowest BCUT2D eigenvalue weighted by Gasteiger charge is -2.08. The monoisotopic (exact) mass is 263 g/mol. The van der Waals surface area contributed by atoms with Crippen LogP contribution in [0.25, 0.3) is 11.4 Å². The van der Waals surface area contributed by atoms with Crippen molar-refractivity contribution in [2.75, 3.05) is 6.54 Å². The van der Waals surface area contributed by atoms with Gasteiger partial charge in [0.05, 0.1) is 5.92 Å². The summed E-state index contributed by atoms with van der Waals surface area (Å²) in [6, 6.07) is 7.84. The minimum absolute atomic E-state index is 0.318. The molecule has 0 saturated carbocycles. The van der Waals surface area contributed by atoms with E-state index in [-0.39, 0.29) is 0 Å². The molecule has 18 heavy (non-hydrogen) atoms. The molecular weight excluding hydrogens is 250 g/mol. The summed E-state index contributed by atoms with van der Waals surface area (Å²) >= 11 is 5.85. The second-order valence-corrected chi connectivity index (χ2v) is 5.04. The third-order valence-electron chi connectivity index (χ3n) is 3.39. The summed E-state index contributed by atoms with van der Waals surface area (Å²) in [5.41, 5.74) is 0.924. The maximum absolute atomic E-state index is 5.85. The van der Waals surface area contributed by atoms with Gasteiger partial charge in [-0.05, 0) is 44.2 Å². The SMILES string of the molecule is CC1NCCC1c1nc(-c2ccc(Cl)cc2)no1. The van der Waals surface area contributed by atoms with E-state index >= 15 is 0 Å². The number of halogens is 1. The van der Waals surface area contributed by atoms with E-state index in [1.807, 2.05) is 24.3 Å². The van der Waals surface area contributed by atoms with Gasteiger partial charge in [-0.1, -0.05) is 16.8 Å². The molecule has 0 radical (unpaired) electrons. The highest BCUT2D eigenvalue weighted by Crippen LogP contribution is 2.28. The minimum Gasteiger partial charge on any atom is -0.339 e. The van der Waals surface area contributed by atoms with Crippen molar-refractivity contribution in [2.24, 2.45) is 0 Å². The van der Waals surface area contributed by atoms with Crippen LogP contribution in [0, 0.1) is 0 Å². The number of benzene rings is 1. The molecule has 1 saturated heterocycles. The predicted octanol–water partition coefficient (Wildman–Crippen LogP) is 2.86. The quantitative estimate of drug-likeness (QED) is 0.905.